The van der Waals surface area contributed by atoms with Gasteiger partial charge in [0, 0.05) is 50.0 Å². The molecule has 11 nitrogen and oxygen atoms in total. The summed E-state index contributed by atoms with van der Waals surface area (Å²) in [5.74, 6) is -0.0178. The quantitative estimate of drug-likeness (QED) is 0.293. The van der Waals surface area contributed by atoms with E-state index in [2.05, 4.69) is 36.4 Å². The third-order valence-corrected chi connectivity index (χ3v) is 5.79. The van der Waals surface area contributed by atoms with Gasteiger partial charge in [-0.2, -0.15) is 0 Å². The summed E-state index contributed by atoms with van der Waals surface area (Å²) in [7, 11) is 7.58. The summed E-state index contributed by atoms with van der Waals surface area (Å²) in [4.78, 5) is 29.5. The summed E-state index contributed by atoms with van der Waals surface area (Å²) < 4.78 is 14.6. The number of urea groups is 1. The highest BCUT2D eigenvalue weighted by molar-refractivity contribution is 5.98. The maximum absolute atomic E-state index is 13.1. The molecule has 0 aliphatic carbocycles. The molecule has 3 aromatic rings. The minimum Gasteiger partial charge on any atom is -0.351 e. The first-order valence-electron chi connectivity index (χ1n) is 12.5. The van der Waals surface area contributed by atoms with Gasteiger partial charge in [0.25, 0.3) is 5.91 Å². The van der Waals surface area contributed by atoms with Crippen LogP contribution in [-0.2, 0) is 13.6 Å². The molecule has 0 bridgehead atoms. The Kier molecular flexibility index (Phi) is 10.7. The molecule has 0 aliphatic rings. The molecule has 0 atom stereocenters. The van der Waals surface area contributed by atoms with Crippen LogP contribution in [0.3, 0.4) is 0 Å². The van der Waals surface area contributed by atoms with Gasteiger partial charge in [-0.05, 0) is 86.9 Å². The lowest BCUT2D eigenvalue weighted by atomic mass is 10.1. The smallest absolute Gasteiger partial charge is 0.319 e. The number of aryl methyl sites for hydroxylation is 1. The van der Waals surface area contributed by atoms with Crippen molar-refractivity contribution in [1.29, 1.82) is 0 Å². The van der Waals surface area contributed by atoms with Crippen LogP contribution in [-0.4, -0.2) is 89.3 Å². The maximum Gasteiger partial charge on any atom is 0.319 e. The fourth-order valence-corrected chi connectivity index (χ4v) is 3.79. The van der Waals surface area contributed by atoms with Crippen LogP contribution in [0.2, 0.25) is 0 Å². The predicted molar refractivity (Wildman–Crippen MR) is 144 cm³/mol. The van der Waals surface area contributed by atoms with Crippen molar-refractivity contribution in [1.82, 2.24) is 40.6 Å². The summed E-state index contributed by atoms with van der Waals surface area (Å²) in [6.45, 7) is 3.27. The van der Waals surface area contributed by atoms with Gasteiger partial charge in [-0.3, -0.25) is 4.79 Å². The van der Waals surface area contributed by atoms with Crippen molar-refractivity contribution in [3.63, 3.8) is 0 Å². The molecular formula is C26H36FN9O2. The lowest BCUT2D eigenvalue weighted by molar-refractivity contribution is 0.0951. The van der Waals surface area contributed by atoms with E-state index in [4.69, 9.17) is 0 Å². The van der Waals surface area contributed by atoms with Crippen molar-refractivity contribution in [2.45, 2.75) is 19.4 Å². The number of tetrazole rings is 1. The molecule has 38 heavy (non-hydrogen) atoms. The Hall–Kier alpha value is -3.90. The molecule has 0 saturated heterocycles. The molecular weight excluding hydrogens is 489 g/mol. The number of hydrogen-bond acceptors (Lipinski definition) is 7. The molecule has 0 radical (unpaired) electrons. The first-order chi connectivity index (χ1) is 18.2. The van der Waals surface area contributed by atoms with Gasteiger partial charge in [-0.1, -0.05) is 12.1 Å². The molecule has 3 N–H and O–H groups in total. The van der Waals surface area contributed by atoms with Crippen LogP contribution >= 0.6 is 0 Å². The van der Waals surface area contributed by atoms with Crippen LogP contribution in [0, 0.1) is 5.82 Å². The summed E-state index contributed by atoms with van der Waals surface area (Å²) in [6.07, 6.45) is 1.69. The molecule has 0 saturated carbocycles. The molecule has 1 aromatic heterocycles. The normalized spacial score (nSPS) is 11.1. The molecule has 0 unspecified atom stereocenters. The minimum atomic E-state index is -0.364. The molecule has 0 spiro atoms. The third-order valence-electron chi connectivity index (χ3n) is 5.79. The summed E-state index contributed by atoms with van der Waals surface area (Å²) in [5.41, 5.74) is 2.51. The summed E-state index contributed by atoms with van der Waals surface area (Å²) in [5, 5.41) is 20.1. The van der Waals surface area contributed by atoms with E-state index < -0.39 is 0 Å². The van der Waals surface area contributed by atoms with Gasteiger partial charge in [0.2, 0.25) is 0 Å². The number of hydrogen-bond donors (Lipinski definition) is 3. The monoisotopic (exact) mass is 525 g/mol. The van der Waals surface area contributed by atoms with Crippen molar-refractivity contribution in [3.05, 3.63) is 59.4 Å². The van der Waals surface area contributed by atoms with Gasteiger partial charge < -0.3 is 25.8 Å². The molecule has 3 rings (SSSR count). The lowest BCUT2D eigenvalue weighted by Crippen LogP contribution is -2.32. The number of unbranched alkanes of at least 4 members (excludes halogenated alkanes) is 1. The Morgan fingerprint density at radius 1 is 0.974 bits per heavy atom. The second-order valence-electron chi connectivity index (χ2n) is 9.44. The highest BCUT2D eigenvalue weighted by atomic mass is 19.1. The van der Waals surface area contributed by atoms with Crippen molar-refractivity contribution < 1.29 is 14.0 Å². The molecule has 0 aliphatic heterocycles. The number of rotatable bonds is 13. The molecule has 3 amide bonds. The largest absolute Gasteiger partial charge is 0.351 e. The summed E-state index contributed by atoms with van der Waals surface area (Å²) in [6, 6.07) is 11.2. The third kappa shape index (κ3) is 9.20. The minimum absolute atomic E-state index is 0.238. The van der Waals surface area contributed by atoms with Gasteiger partial charge in [-0.25, -0.2) is 13.9 Å². The van der Waals surface area contributed by atoms with Crippen LogP contribution in [0.4, 0.5) is 14.9 Å². The average molecular weight is 526 g/mol. The zero-order valence-electron chi connectivity index (χ0n) is 22.4. The number of benzene rings is 2. The number of halogens is 1. The second-order valence-corrected chi connectivity index (χ2v) is 9.44. The number of nitrogens with zero attached hydrogens (tertiary/aromatic N) is 6. The highest BCUT2D eigenvalue weighted by Gasteiger charge is 2.14. The topological polar surface area (TPSA) is 120 Å². The maximum atomic E-state index is 13.1. The van der Waals surface area contributed by atoms with E-state index in [1.807, 2.05) is 26.0 Å². The van der Waals surface area contributed by atoms with E-state index in [0.29, 0.717) is 42.3 Å². The van der Waals surface area contributed by atoms with Gasteiger partial charge in [0.1, 0.15) is 5.82 Å². The van der Waals surface area contributed by atoms with E-state index in [1.165, 1.54) is 16.8 Å². The number of carbonyl (C=O) groups is 2. The van der Waals surface area contributed by atoms with Gasteiger partial charge in [-0.15, -0.1) is 5.10 Å². The number of anilines is 1. The van der Waals surface area contributed by atoms with Gasteiger partial charge in [0.05, 0.1) is 0 Å². The molecule has 204 valence electrons. The van der Waals surface area contributed by atoms with Crippen molar-refractivity contribution in [2.24, 2.45) is 7.05 Å². The molecule has 2 aromatic carbocycles. The number of likely N-dealkylation sites (N-methyl/N-ethyl adjacent to an activating group) is 1. The SMILES string of the molecule is CN(C)CCNC(=O)c1cc(NC(=O)NCCCCN(C)Cc2ccc(F)cc2)cc(-c2nnnn2C)c1. The Balaban J connectivity index is 1.51. The van der Waals surface area contributed by atoms with E-state index in [-0.39, 0.29) is 17.8 Å². The fraction of sp³-hybridized carbons (Fsp3) is 0.423. The van der Waals surface area contributed by atoms with Gasteiger partial charge >= 0.3 is 6.03 Å². The Labute approximate surface area is 222 Å². The van der Waals surface area contributed by atoms with Crippen molar-refractivity contribution >= 4 is 17.6 Å². The number of nitrogens with one attached hydrogen (secondary N) is 3. The first-order valence-corrected chi connectivity index (χ1v) is 12.5. The average Bonchev–Trinajstić information content (AvgIpc) is 3.30. The number of amides is 3. The molecule has 1 heterocycles. The van der Waals surface area contributed by atoms with Crippen LogP contribution in [0.5, 0.6) is 0 Å². The van der Waals surface area contributed by atoms with Gasteiger partial charge in [0.15, 0.2) is 5.82 Å². The first kappa shape index (κ1) is 28.7. The van der Waals surface area contributed by atoms with E-state index in [1.54, 1.807) is 37.4 Å². The molecule has 0 fully saturated rings. The zero-order valence-corrected chi connectivity index (χ0v) is 22.4. The van der Waals surface area contributed by atoms with Crippen molar-refractivity contribution in [2.75, 3.05) is 52.6 Å². The number of aromatic nitrogens is 4. The Bertz CT molecular complexity index is 1200. The zero-order chi connectivity index (χ0) is 27.5. The number of carbonyl (C=O) groups excluding carboxylic acids is 2. The second kappa shape index (κ2) is 14.1. The fourth-order valence-electron chi connectivity index (χ4n) is 3.79. The summed E-state index contributed by atoms with van der Waals surface area (Å²) >= 11 is 0. The highest BCUT2D eigenvalue weighted by Crippen LogP contribution is 2.23. The lowest BCUT2D eigenvalue weighted by Gasteiger charge is -2.16. The van der Waals surface area contributed by atoms with Crippen LogP contribution < -0.4 is 16.0 Å². The van der Waals surface area contributed by atoms with Crippen LogP contribution in [0.25, 0.3) is 11.4 Å². The van der Waals surface area contributed by atoms with Crippen LogP contribution in [0.1, 0.15) is 28.8 Å². The van der Waals surface area contributed by atoms with E-state index in [0.717, 1.165) is 31.5 Å². The standard InChI is InChI=1S/C26H36FN9O2/c1-34(2)14-12-28-25(37)21-15-20(24-31-32-33-36(24)4)16-23(17-21)30-26(38)29-11-5-6-13-35(3)18-19-7-9-22(27)10-8-19/h7-10,15-17H,5-6,11-14,18H2,1-4H3,(H,28,37)(H2,29,30,38). The van der Waals surface area contributed by atoms with Crippen molar-refractivity contribution in [3.8, 4) is 11.4 Å². The van der Waals surface area contributed by atoms with E-state index >= 15 is 0 Å². The predicted octanol–water partition coefficient (Wildman–Crippen LogP) is 2.34. The molecule has 12 heteroatoms. The Morgan fingerprint density at radius 3 is 2.42 bits per heavy atom. The Morgan fingerprint density at radius 2 is 1.74 bits per heavy atom. The van der Waals surface area contributed by atoms with E-state index in [9.17, 15) is 14.0 Å². The van der Waals surface area contributed by atoms with Crippen LogP contribution in [0.15, 0.2) is 42.5 Å².